The molecule has 7 nitrogen and oxygen atoms in total. The maximum absolute atomic E-state index is 11.3. The molecule has 110 valence electrons. The Balaban J connectivity index is 3.06. The lowest BCUT2D eigenvalue weighted by Gasteiger charge is -2.23. The Labute approximate surface area is 117 Å². The Bertz CT molecular complexity index is 514. The lowest BCUT2D eigenvalue weighted by Crippen LogP contribution is -2.45. The van der Waals surface area contributed by atoms with Crippen LogP contribution in [0.3, 0.4) is 0 Å². The second kappa shape index (κ2) is 6.23. The quantitative estimate of drug-likeness (QED) is 0.587. The second-order valence-electron chi connectivity index (χ2n) is 4.90. The molecule has 0 aliphatic heterocycles. The van der Waals surface area contributed by atoms with Crippen molar-refractivity contribution in [3.63, 3.8) is 0 Å². The van der Waals surface area contributed by atoms with E-state index in [-0.39, 0.29) is 11.4 Å². The second-order valence-corrected chi connectivity index (χ2v) is 4.90. The zero-order valence-electron chi connectivity index (χ0n) is 11.8. The lowest BCUT2D eigenvalue weighted by atomic mass is 10.0. The van der Waals surface area contributed by atoms with E-state index in [2.05, 4.69) is 5.32 Å². The van der Waals surface area contributed by atoms with Gasteiger partial charge in [-0.05, 0) is 26.3 Å². The third-order valence-electron chi connectivity index (χ3n) is 2.69. The summed E-state index contributed by atoms with van der Waals surface area (Å²) in [5.41, 5.74) is 4.74. The van der Waals surface area contributed by atoms with E-state index in [0.717, 1.165) is 6.42 Å². The van der Waals surface area contributed by atoms with Gasteiger partial charge in [-0.25, -0.2) is 0 Å². The summed E-state index contributed by atoms with van der Waals surface area (Å²) in [6.45, 7) is 5.54. The van der Waals surface area contributed by atoms with Gasteiger partial charge in [-0.3, -0.25) is 14.9 Å². The number of nitro benzene ring substituents is 1. The lowest BCUT2D eigenvalue weighted by molar-refractivity contribution is -0.385. The van der Waals surface area contributed by atoms with Crippen molar-refractivity contribution in [2.75, 3.05) is 11.9 Å². The number of hydrogen-bond donors (Lipinski definition) is 2. The molecule has 0 saturated heterocycles. The summed E-state index contributed by atoms with van der Waals surface area (Å²) in [5.74, 6) is -0.353. The highest BCUT2D eigenvalue weighted by Gasteiger charge is 2.25. The van der Waals surface area contributed by atoms with Crippen LogP contribution < -0.4 is 15.8 Å². The molecule has 0 radical (unpaired) electrons. The van der Waals surface area contributed by atoms with E-state index in [9.17, 15) is 14.9 Å². The van der Waals surface area contributed by atoms with Gasteiger partial charge in [0.25, 0.3) is 0 Å². The summed E-state index contributed by atoms with van der Waals surface area (Å²) >= 11 is 0. The first-order valence-corrected chi connectivity index (χ1v) is 6.27. The summed E-state index contributed by atoms with van der Waals surface area (Å²) in [6, 6.07) is 4.35. The number of amides is 1. The molecule has 1 amide bonds. The van der Waals surface area contributed by atoms with Crippen LogP contribution in [-0.4, -0.2) is 23.0 Å². The monoisotopic (exact) mass is 281 g/mol. The minimum atomic E-state index is -0.960. The minimum Gasteiger partial charge on any atom is -0.487 e. The molecule has 3 N–H and O–H groups in total. The van der Waals surface area contributed by atoms with Gasteiger partial charge in [-0.2, -0.15) is 0 Å². The zero-order valence-corrected chi connectivity index (χ0v) is 11.8. The molecule has 0 aliphatic carbocycles. The van der Waals surface area contributed by atoms with Gasteiger partial charge in [0.2, 0.25) is 5.91 Å². The van der Waals surface area contributed by atoms with Gasteiger partial charge in [0.1, 0.15) is 5.54 Å². The van der Waals surface area contributed by atoms with Crippen LogP contribution in [0.2, 0.25) is 0 Å². The Kier molecular flexibility index (Phi) is 4.90. The molecule has 1 rings (SSSR count). The number of carbonyl (C=O) groups excluding carboxylic acids is 1. The maximum Gasteiger partial charge on any atom is 0.311 e. The number of nitro groups is 1. The van der Waals surface area contributed by atoms with E-state index >= 15 is 0 Å². The van der Waals surface area contributed by atoms with Gasteiger partial charge in [-0.1, -0.05) is 6.92 Å². The number of primary amides is 1. The van der Waals surface area contributed by atoms with Crippen molar-refractivity contribution >= 4 is 17.3 Å². The number of nitrogens with one attached hydrogen (secondary N) is 1. The van der Waals surface area contributed by atoms with Crippen molar-refractivity contribution < 1.29 is 14.5 Å². The summed E-state index contributed by atoms with van der Waals surface area (Å²) in [7, 11) is 0. The van der Waals surface area contributed by atoms with Crippen LogP contribution in [0.5, 0.6) is 5.75 Å². The third kappa shape index (κ3) is 3.84. The molecule has 0 atom stereocenters. The van der Waals surface area contributed by atoms with Crippen molar-refractivity contribution in [2.45, 2.75) is 32.7 Å². The molecule has 7 heteroatoms. The van der Waals surface area contributed by atoms with E-state index in [1.807, 2.05) is 6.92 Å². The first kappa shape index (κ1) is 15.7. The first-order valence-electron chi connectivity index (χ1n) is 6.27. The smallest absolute Gasteiger partial charge is 0.311 e. The highest BCUT2D eigenvalue weighted by atomic mass is 16.6. The molecule has 0 spiro atoms. The molecule has 0 saturated carbocycles. The van der Waals surface area contributed by atoms with Crippen LogP contribution in [0.25, 0.3) is 0 Å². The minimum absolute atomic E-state index is 0.110. The SMILES string of the molecule is CCCOc1cc(NC(C)(C)C(N)=O)ccc1[N+](=O)[O-]. The number of benzene rings is 1. The third-order valence-corrected chi connectivity index (χ3v) is 2.69. The molecule has 0 aliphatic rings. The van der Waals surface area contributed by atoms with Gasteiger partial charge >= 0.3 is 5.69 Å². The van der Waals surface area contributed by atoms with E-state index in [1.54, 1.807) is 13.8 Å². The van der Waals surface area contributed by atoms with Crippen LogP contribution in [0, 0.1) is 10.1 Å². The Morgan fingerprint density at radius 1 is 1.50 bits per heavy atom. The predicted octanol–water partition coefficient (Wildman–Crippen LogP) is 2.06. The molecule has 1 aromatic rings. The fraction of sp³-hybridized carbons (Fsp3) is 0.462. The first-order chi connectivity index (χ1) is 9.27. The summed E-state index contributed by atoms with van der Waals surface area (Å²) in [6.07, 6.45) is 0.738. The number of nitrogens with two attached hydrogens (primary N) is 1. The highest BCUT2D eigenvalue weighted by molar-refractivity contribution is 5.87. The Morgan fingerprint density at radius 2 is 2.15 bits per heavy atom. The van der Waals surface area contributed by atoms with Crippen molar-refractivity contribution in [1.82, 2.24) is 0 Å². The molecule has 0 aromatic heterocycles. The summed E-state index contributed by atoms with van der Waals surface area (Å²) in [5, 5.41) is 13.8. The largest absolute Gasteiger partial charge is 0.487 e. The van der Waals surface area contributed by atoms with Crippen LogP contribution in [0.15, 0.2) is 18.2 Å². The Hall–Kier alpha value is -2.31. The molecule has 1 aromatic carbocycles. The van der Waals surface area contributed by atoms with Crippen LogP contribution in [0.1, 0.15) is 27.2 Å². The highest BCUT2D eigenvalue weighted by Crippen LogP contribution is 2.31. The zero-order chi connectivity index (χ0) is 15.3. The van der Waals surface area contributed by atoms with Crippen LogP contribution in [-0.2, 0) is 4.79 Å². The summed E-state index contributed by atoms with van der Waals surface area (Å²) < 4.78 is 5.37. The molecular formula is C13H19N3O4. The molecule has 0 unspecified atom stereocenters. The number of nitrogens with zero attached hydrogens (tertiary/aromatic N) is 1. The molecule has 20 heavy (non-hydrogen) atoms. The maximum atomic E-state index is 11.3. The van der Waals surface area contributed by atoms with Gasteiger partial charge in [0.05, 0.1) is 11.5 Å². The van der Waals surface area contributed by atoms with Crippen molar-refractivity contribution in [3.05, 3.63) is 28.3 Å². The van der Waals surface area contributed by atoms with Crippen LogP contribution in [0.4, 0.5) is 11.4 Å². The van der Waals surface area contributed by atoms with E-state index in [0.29, 0.717) is 12.3 Å². The standard InChI is InChI=1S/C13H19N3O4/c1-4-7-20-11-8-9(5-6-10(11)16(18)19)15-13(2,3)12(14)17/h5-6,8,15H,4,7H2,1-3H3,(H2,14,17). The van der Waals surface area contributed by atoms with Crippen molar-refractivity contribution in [1.29, 1.82) is 0 Å². The fourth-order valence-corrected chi connectivity index (χ4v) is 1.49. The number of hydrogen-bond acceptors (Lipinski definition) is 5. The van der Waals surface area contributed by atoms with Crippen LogP contribution >= 0.6 is 0 Å². The normalized spacial score (nSPS) is 10.9. The molecular weight excluding hydrogens is 262 g/mol. The van der Waals surface area contributed by atoms with E-state index in [1.165, 1.54) is 18.2 Å². The fourth-order valence-electron chi connectivity index (χ4n) is 1.49. The predicted molar refractivity (Wildman–Crippen MR) is 75.8 cm³/mol. The number of ether oxygens (including phenoxy) is 1. The Morgan fingerprint density at radius 3 is 2.65 bits per heavy atom. The van der Waals surface area contributed by atoms with Crippen molar-refractivity contribution in [3.8, 4) is 5.75 Å². The molecule has 0 fully saturated rings. The summed E-state index contributed by atoms with van der Waals surface area (Å²) in [4.78, 5) is 21.7. The van der Waals surface area contributed by atoms with Gasteiger partial charge in [0, 0.05) is 17.8 Å². The number of rotatable bonds is 7. The van der Waals surface area contributed by atoms with E-state index < -0.39 is 16.4 Å². The molecule has 0 heterocycles. The molecule has 0 bridgehead atoms. The average Bonchev–Trinajstić information content (AvgIpc) is 2.35. The average molecular weight is 281 g/mol. The van der Waals surface area contributed by atoms with E-state index in [4.69, 9.17) is 10.5 Å². The van der Waals surface area contributed by atoms with Gasteiger partial charge in [0.15, 0.2) is 5.75 Å². The number of carbonyl (C=O) groups is 1. The number of anilines is 1. The topological polar surface area (TPSA) is 107 Å². The van der Waals surface area contributed by atoms with Gasteiger partial charge in [-0.15, -0.1) is 0 Å². The van der Waals surface area contributed by atoms with Gasteiger partial charge < -0.3 is 15.8 Å². The van der Waals surface area contributed by atoms with Crippen molar-refractivity contribution in [2.24, 2.45) is 5.73 Å².